The van der Waals surface area contributed by atoms with Gasteiger partial charge in [0.15, 0.2) is 0 Å². The number of benzene rings is 2. The monoisotopic (exact) mass is 524 g/mol. The van der Waals surface area contributed by atoms with Gasteiger partial charge < -0.3 is 15.0 Å². The van der Waals surface area contributed by atoms with Gasteiger partial charge in [-0.25, -0.2) is 4.79 Å². The second kappa shape index (κ2) is 9.80. The Kier molecular flexibility index (Phi) is 7.52. The third-order valence-electron chi connectivity index (χ3n) is 4.96. The molecule has 1 aliphatic rings. The highest BCUT2D eigenvalue weighted by Crippen LogP contribution is 2.27. The van der Waals surface area contributed by atoms with Crippen LogP contribution in [-0.2, 0) is 19.0 Å². The molecule has 0 saturated carbocycles. The molecule has 0 bridgehead atoms. The SMILES string of the molecule is Cc1ccc(S(=O)(=O)O[C@@H]2C[C@H](CNc3ccc(Br)cc3)N(C(=O)OC(C)(C)C)C2)cc1. The van der Waals surface area contributed by atoms with Gasteiger partial charge in [0, 0.05) is 16.7 Å². The van der Waals surface area contributed by atoms with Crippen LogP contribution in [-0.4, -0.2) is 50.2 Å². The summed E-state index contributed by atoms with van der Waals surface area (Å²) in [6.07, 6.45) is -0.780. The number of nitrogens with one attached hydrogen (secondary N) is 1. The molecule has 0 aromatic heterocycles. The average Bonchev–Trinajstić information content (AvgIpc) is 3.09. The van der Waals surface area contributed by atoms with E-state index in [9.17, 15) is 13.2 Å². The number of hydrogen-bond donors (Lipinski definition) is 1. The van der Waals surface area contributed by atoms with Crippen LogP contribution in [0.4, 0.5) is 10.5 Å². The molecule has 1 fully saturated rings. The van der Waals surface area contributed by atoms with E-state index >= 15 is 0 Å². The van der Waals surface area contributed by atoms with Gasteiger partial charge in [-0.15, -0.1) is 0 Å². The highest BCUT2D eigenvalue weighted by atomic mass is 79.9. The summed E-state index contributed by atoms with van der Waals surface area (Å²) >= 11 is 3.41. The van der Waals surface area contributed by atoms with Gasteiger partial charge in [-0.1, -0.05) is 33.6 Å². The minimum atomic E-state index is -3.94. The van der Waals surface area contributed by atoms with Gasteiger partial charge in [0.2, 0.25) is 0 Å². The van der Waals surface area contributed by atoms with Gasteiger partial charge in [0.1, 0.15) is 5.60 Å². The number of carbonyl (C=O) groups excluding carboxylic acids is 1. The zero-order chi connectivity index (χ0) is 23.5. The van der Waals surface area contributed by atoms with E-state index in [4.69, 9.17) is 8.92 Å². The number of hydrogen-bond acceptors (Lipinski definition) is 6. The number of carbonyl (C=O) groups is 1. The molecule has 1 N–H and O–H groups in total. The summed E-state index contributed by atoms with van der Waals surface area (Å²) in [4.78, 5) is 14.5. The van der Waals surface area contributed by atoms with Crippen molar-refractivity contribution < 1.29 is 22.1 Å². The van der Waals surface area contributed by atoms with Crippen LogP contribution in [0.3, 0.4) is 0 Å². The Labute approximate surface area is 198 Å². The van der Waals surface area contributed by atoms with Crippen molar-refractivity contribution in [3.63, 3.8) is 0 Å². The minimum absolute atomic E-state index is 0.100. The Morgan fingerprint density at radius 3 is 2.34 bits per heavy atom. The van der Waals surface area contributed by atoms with E-state index in [-0.39, 0.29) is 17.5 Å². The molecule has 0 spiro atoms. The molecule has 1 aliphatic heterocycles. The lowest BCUT2D eigenvalue weighted by atomic mass is 10.2. The fraction of sp³-hybridized carbons (Fsp3) is 0.435. The van der Waals surface area contributed by atoms with E-state index in [1.54, 1.807) is 37.8 Å². The third kappa shape index (κ3) is 6.70. The van der Waals surface area contributed by atoms with Crippen LogP contribution in [0.25, 0.3) is 0 Å². The number of likely N-dealkylation sites (tertiary alicyclic amines) is 1. The lowest BCUT2D eigenvalue weighted by molar-refractivity contribution is 0.0220. The topological polar surface area (TPSA) is 84.9 Å². The third-order valence-corrected chi connectivity index (χ3v) is 6.87. The smallest absolute Gasteiger partial charge is 0.410 e. The van der Waals surface area contributed by atoms with Crippen molar-refractivity contribution in [3.05, 3.63) is 58.6 Å². The lowest BCUT2D eigenvalue weighted by Crippen LogP contribution is -2.42. The summed E-state index contributed by atoms with van der Waals surface area (Å²) < 4.78 is 37.5. The Morgan fingerprint density at radius 2 is 1.75 bits per heavy atom. The molecule has 2 atom stereocenters. The molecule has 1 saturated heterocycles. The van der Waals surface area contributed by atoms with E-state index in [0.717, 1.165) is 15.7 Å². The number of amides is 1. The number of nitrogens with zero attached hydrogens (tertiary/aromatic N) is 1. The van der Waals surface area contributed by atoms with Crippen LogP contribution in [0.15, 0.2) is 57.9 Å². The normalized spacial score (nSPS) is 19.1. The first-order valence-electron chi connectivity index (χ1n) is 10.4. The summed E-state index contributed by atoms with van der Waals surface area (Å²) in [5.74, 6) is 0. The van der Waals surface area contributed by atoms with Crippen LogP contribution in [0.2, 0.25) is 0 Å². The number of halogens is 1. The van der Waals surface area contributed by atoms with Crippen molar-refractivity contribution in [1.29, 1.82) is 0 Å². The quantitative estimate of drug-likeness (QED) is 0.538. The number of ether oxygens (including phenoxy) is 1. The van der Waals surface area contributed by atoms with Gasteiger partial charge >= 0.3 is 6.09 Å². The number of rotatable bonds is 6. The van der Waals surface area contributed by atoms with E-state index < -0.39 is 27.9 Å². The van der Waals surface area contributed by atoms with Crippen molar-refractivity contribution in [2.24, 2.45) is 0 Å². The highest BCUT2D eigenvalue weighted by molar-refractivity contribution is 9.10. The van der Waals surface area contributed by atoms with Gasteiger partial charge in [0.05, 0.1) is 23.6 Å². The summed E-state index contributed by atoms with van der Waals surface area (Å²) in [7, 11) is -3.94. The molecule has 0 aliphatic carbocycles. The second-order valence-electron chi connectivity index (χ2n) is 8.90. The predicted molar refractivity (Wildman–Crippen MR) is 127 cm³/mol. The largest absolute Gasteiger partial charge is 0.444 e. The van der Waals surface area contributed by atoms with Crippen LogP contribution < -0.4 is 5.32 Å². The first kappa shape index (κ1) is 24.5. The van der Waals surface area contributed by atoms with Gasteiger partial charge in [0.25, 0.3) is 10.1 Å². The first-order valence-corrected chi connectivity index (χ1v) is 12.6. The number of anilines is 1. The van der Waals surface area contributed by atoms with Crippen molar-refractivity contribution in [2.75, 3.05) is 18.4 Å². The Bertz CT molecular complexity index is 1030. The molecule has 3 rings (SSSR count). The van der Waals surface area contributed by atoms with E-state index in [1.165, 1.54) is 12.1 Å². The maximum absolute atomic E-state index is 12.8. The molecule has 1 amide bonds. The fourth-order valence-corrected chi connectivity index (χ4v) is 4.77. The molecule has 2 aromatic carbocycles. The molecular formula is C23H29BrN2O5S. The Balaban J connectivity index is 1.73. The van der Waals surface area contributed by atoms with Crippen molar-refractivity contribution in [2.45, 2.75) is 56.8 Å². The molecule has 7 nitrogen and oxygen atoms in total. The first-order chi connectivity index (χ1) is 14.9. The summed E-state index contributed by atoms with van der Waals surface area (Å²) in [5, 5.41) is 3.31. The van der Waals surface area contributed by atoms with Crippen LogP contribution >= 0.6 is 15.9 Å². The maximum atomic E-state index is 12.8. The lowest BCUT2D eigenvalue weighted by Gasteiger charge is -2.28. The molecule has 2 aromatic rings. The standard InChI is InChI=1S/C23H29BrN2O5S/c1-16-5-11-21(12-6-16)32(28,29)31-20-13-19(14-25-18-9-7-17(24)8-10-18)26(15-20)22(27)30-23(2,3)4/h5-12,19-20,25H,13-15H2,1-4H3/t19-,20-/m1/s1. The Morgan fingerprint density at radius 1 is 1.12 bits per heavy atom. The summed E-state index contributed by atoms with van der Waals surface area (Å²) in [6, 6.07) is 13.9. The molecule has 1 heterocycles. The highest BCUT2D eigenvalue weighted by Gasteiger charge is 2.40. The zero-order valence-electron chi connectivity index (χ0n) is 18.7. The summed E-state index contributed by atoms with van der Waals surface area (Å²) in [6.45, 7) is 7.84. The molecular weight excluding hydrogens is 496 g/mol. The van der Waals surface area contributed by atoms with Gasteiger partial charge in [-0.2, -0.15) is 8.42 Å². The maximum Gasteiger partial charge on any atom is 0.410 e. The van der Waals surface area contributed by atoms with Crippen LogP contribution in [0.1, 0.15) is 32.8 Å². The van der Waals surface area contributed by atoms with E-state index in [1.807, 2.05) is 31.2 Å². The summed E-state index contributed by atoms with van der Waals surface area (Å²) in [5.41, 5.74) is 1.20. The molecule has 32 heavy (non-hydrogen) atoms. The van der Waals surface area contributed by atoms with Crippen molar-refractivity contribution in [3.8, 4) is 0 Å². The van der Waals surface area contributed by atoms with Gasteiger partial charge in [-0.3, -0.25) is 4.18 Å². The molecule has 174 valence electrons. The molecule has 0 radical (unpaired) electrons. The van der Waals surface area contributed by atoms with Gasteiger partial charge in [-0.05, 0) is 70.5 Å². The van der Waals surface area contributed by atoms with Crippen molar-refractivity contribution >= 4 is 37.8 Å². The average molecular weight is 525 g/mol. The molecule has 9 heteroatoms. The second-order valence-corrected chi connectivity index (χ2v) is 11.4. The van der Waals surface area contributed by atoms with E-state index in [2.05, 4.69) is 21.2 Å². The van der Waals surface area contributed by atoms with Crippen LogP contribution in [0, 0.1) is 6.92 Å². The minimum Gasteiger partial charge on any atom is -0.444 e. The van der Waals surface area contributed by atoms with Crippen LogP contribution in [0.5, 0.6) is 0 Å². The predicted octanol–water partition coefficient (Wildman–Crippen LogP) is 4.95. The Hall–Kier alpha value is -2.10. The van der Waals surface area contributed by atoms with Crippen molar-refractivity contribution in [1.82, 2.24) is 4.90 Å². The molecule has 0 unspecified atom stereocenters. The fourth-order valence-electron chi connectivity index (χ4n) is 3.42. The number of aryl methyl sites for hydroxylation is 1. The van der Waals surface area contributed by atoms with E-state index in [0.29, 0.717) is 13.0 Å². The zero-order valence-corrected chi connectivity index (χ0v) is 21.1.